The van der Waals surface area contributed by atoms with E-state index in [-0.39, 0.29) is 5.91 Å². The van der Waals surface area contributed by atoms with Crippen LogP contribution < -0.4 is 5.73 Å². The minimum Gasteiger partial charge on any atom is -0.384 e. The number of hydrogen-bond donors (Lipinski definition) is 1. The van der Waals surface area contributed by atoms with Gasteiger partial charge in [0.15, 0.2) is 0 Å². The normalized spacial score (nSPS) is 16.3. The maximum atomic E-state index is 11.3. The van der Waals surface area contributed by atoms with Crippen molar-refractivity contribution in [3.05, 3.63) is 23.9 Å². The molecule has 1 saturated heterocycles. The number of nitrogens with two attached hydrogens (primary N) is 1. The molecule has 0 aromatic carbocycles. The smallest absolute Gasteiger partial charge is 0.222 e. The fourth-order valence-electron chi connectivity index (χ4n) is 1.62. The molecule has 1 aromatic heterocycles. The number of pyridine rings is 1. The van der Waals surface area contributed by atoms with Crippen molar-refractivity contribution in [2.45, 2.75) is 19.4 Å². The van der Waals surface area contributed by atoms with Gasteiger partial charge in [-0.15, -0.1) is 0 Å². The van der Waals surface area contributed by atoms with Gasteiger partial charge < -0.3 is 10.6 Å². The summed E-state index contributed by atoms with van der Waals surface area (Å²) in [5.41, 5.74) is 6.51. The molecule has 0 saturated carbocycles. The Hall–Kier alpha value is -1.58. The van der Waals surface area contributed by atoms with E-state index in [2.05, 4.69) is 4.98 Å². The summed E-state index contributed by atoms with van der Waals surface area (Å²) in [6.45, 7) is 1.52. The Morgan fingerprint density at radius 3 is 2.93 bits per heavy atom. The molecule has 0 radical (unpaired) electrons. The van der Waals surface area contributed by atoms with Crippen LogP contribution in [0.4, 0.5) is 5.82 Å². The van der Waals surface area contributed by atoms with E-state index >= 15 is 0 Å². The molecular formula is C10H13N3O. The highest BCUT2D eigenvalue weighted by Gasteiger charge is 2.19. The molecule has 0 bridgehead atoms. The van der Waals surface area contributed by atoms with Crippen molar-refractivity contribution < 1.29 is 4.79 Å². The molecule has 0 aliphatic carbocycles. The lowest BCUT2D eigenvalue weighted by Crippen LogP contribution is -2.23. The summed E-state index contributed by atoms with van der Waals surface area (Å²) in [5, 5.41) is 0. The van der Waals surface area contributed by atoms with E-state index in [0.29, 0.717) is 18.8 Å². The minimum atomic E-state index is 0.238. The first kappa shape index (κ1) is 8.99. The Morgan fingerprint density at radius 1 is 1.50 bits per heavy atom. The molecular weight excluding hydrogens is 178 g/mol. The van der Waals surface area contributed by atoms with Crippen LogP contribution in [0.15, 0.2) is 18.3 Å². The Labute approximate surface area is 82.7 Å². The molecule has 0 unspecified atom stereocenters. The lowest BCUT2D eigenvalue weighted by Gasteiger charge is -2.14. The fraction of sp³-hybridized carbons (Fsp3) is 0.400. The summed E-state index contributed by atoms with van der Waals surface area (Å²) in [6.07, 6.45) is 3.38. The van der Waals surface area contributed by atoms with Gasteiger partial charge in [0, 0.05) is 25.7 Å². The number of rotatable bonds is 2. The number of aromatic nitrogens is 1. The zero-order valence-electron chi connectivity index (χ0n) is 7.94. The molecule has 2 heterocycles. The van der Waals surface area contributed by atoms with Gasteiger partial charge in [0.2, 0.25) is 5.91 Å². The Bertz CT molecular complexity index is 334. The second-order valence-electron chi connectivity index (χ2n) is 3.51. The maximum Gasteiger partial charge on any atom is 0.222 e. The molecule has 14 heavy (non-hydrogen) atoms. The van der Waals surface area contributed by atoms with E-state index in [9.17, 15) is 4.79 Å². The van der Waals surface area contributed by atoms with Crippen LogP contribution in [0.2, 0.25) is 0 Å². The second-order valence-corrected chi connectivity index (χ2v) is 3.51. The van der Waals surface area contributed by atoms with E-state index in [4.69, 9.17) is 5.73 Å². The van der Waals surface area contributed by atoms with E-state index in [1.165, 1.54) is 0 Å². The van der Waals surface area contributed by atoms with Gasteiger partial charge in [0.1, 0.15) is 5.82 Å². The largest absolute Gasteiger partial charge is 0.384 e. The highest BCUT2D eigenvalue weighted by atomic mass is 16.2. The van der Waals surface area contributed by atoms with Gasteiger partial charge in [-0.3, -0.25) is 4.79 Å². The number of nitrogens with zero attached hydrogens (tertiary/aromatic N) is 2. The number of carbonyl (C=O) groups is 1. The number of likely N-dealkylation sites (tertiary alicyclic amines) is 1. The first-order valence-electron chi connectivity index (χ1n) is 4.74. The van der Waals surface area contributed by atoms with Crippen molar-refractivity contribution in [3.63, 3.8) is 0 Å². The standard InChI is InChI=1S/C10H13N3O/c11-9-4-3-8(6-12-9)7-13-5-1-2-10(13)14/h3-4,6H,1-2,5,7H2,(H2,11,12). The van der Waals surface area contributed by atoms with E-state index in [0.717, 1.165) is 18.5 Å². The first-order chi connectivity index (χ1) is 6.75. The van der Waals surface area contributed by atoms with Crippen molar-refractivity contribution in [1.82, 2.24) is 9.88 Å². The molecule has 1 fully saturated rings. The number of hydrogen-bond acceptors (Lipinski definition) is 3. The first-order valence-corrected chi connectivity index (χ1v) is 4.74. The quantitative estimate of drug-likeness (QED) is 0.751. The summed E-state index contributed by atoms with van der Waals surface area (Å²) in [6, 6.07) is 3.67. The lowest BCUT2D eigenvalue weighted by molar-refractivity contribution is -0.128. The van der Waals surface area contributed by atoms with Crippen molar-refractivity contribution in [1.29, 1.82) is 0 Å². The predicted octanol–water partition coefficient (Wildman–Crippen LogP) is 0.786. The van der Waals surface area contributed by atoms with Crippen LogP contribution in [0.5, 0.6) is 0 Å². The molecule has 2 rings (SSSR count). The summed E-state index contributed by atoms with van der Waals surface area (Å²) in [4.78, 5) is 17.2. The molecule has 1 aliphatic rings. The van der Waals surface area contributed by atoms with Crippen LogP contribution in [0.1, 0.15) is 18.4 Å². The fourth-order valence-corrected chi connectivity index (χ4v) is 1.62. The van der Waals surface area contributed by atoms with Crippen molar-refractivity contribution >= 4 is 11.7 Å². The van der Waals surface area contributed by atoms with Crippen LogP contribution >= 0.6 is 0 Å². The summed E-state index contributed by atoms with van der Waals surface area (Å²) in [7, 11) is 0. The minimum absolute atomic E-state index is 0.238. The third-order valence-electron chi connectivity index (χ3n) is 2.39. The average molecular weight is 191 g/mol. The van der Waals surface area contributed by atoms with Crippen molar-refractivity contribution in [3.8, 4) is 0 Å². The number of amides is 1. The number of nitrogen functional groups attached to an aromatic ring is 1. The van der Waals surface area contributed by atoms with Crippen LogP contribution in [-0.4, -0.2) is 22.3 Å². The zero-order valence-corrected chi connectivity index (χ0v) is 7.94. The molecule has 1 aliphatic heterocycles. The Balaban J connectivity index is 2.03. The van der Waals surface area contributed by atoms with E-state index in [1.807, 2.05) is 11.0 Å². The molecule has 4 heteroatoms. The average Bonchev–Trinajstić information content (AvgIpc) is 2.56. The lowest BCUT2D eigenvalue weighted by atomic mass is 10.2. The number of anilines is 1. The Kier molecular flexibility index (Phi) is 2.35. The molecule has 1 amide bonds. The van der Waals surface area contributed by atoms with Crippen LogP contribution in [0.25, 0.3) is 0 Å². The third kappa shape index (κ3) is 1.84. The molecule has 0 atom stereocenters. The molecule has 4 nitrogen and oxygen atoms in total. The van der Waals surface area contributed by atoms with Crippen molar-refractivity contribution in [2.75, 3.05) is 12.3 Å². The van der Waals surface area contributed by atoms with Gasteiger partial charge in [-0.1, -0.05) is 6.07 Å². The monoisotopic (exact) mass is 191 g/mol. The maximum absolute atomic E-state index is 11.3. The second kappa shape index (κ2) is 3.65. The SMILES string of the molecule is Nc1ccc(CN2CCCC2=O)cn1. The van der Waals surface area contributed by atoms with Gasteiger partial charge in [-0.05, 0) is 18.1 Å². The van der Waals surface area contributed by atoms with Crippen LogP contribution in [0.3, 0.4) is 0 Å². The highest BCUT2D eigenvalue weighted by molar-refractivity contribution is 5.78. The van der Waals surface area contributed by atoms with Crippen molar-refractivity contribution in [2.24, 2.45) is 0 Å². The zero-order chi connectivity index (χ0) is 9.97. The summed E-state index contributed by atoms with van der Waals surface area (Å²) in [5.74, 6) is 0.753. The Morgan fingerprint density at radius 2 is 2.36 bits per heavy atom. The van der Waals surface area contributed by atoms with Gasteiger partial charge in [0.25, 0.3) is 0 Å². The van der Waals surface area contributed by atoms with Crippen LogP contribution in [-0.2, 0) is 11.3 Å². The van der Waals surface area contributed by atoms with Crippen LogP contribution in [0, 0.1) is 0 Å². The van der Waals surface area contributed by atoms with Gasteiger partial charge in [-0.25, -0.2) is 4.98 Å². The van der Waals surface area contributed by atoms with Gasteiger partial charge >= 0.3 is 0 Å². The third-order valence-corrected chi connectivity index (χ3v) is 2.39. The topological polar surface area (TPSA) is 59.2 Å². The number of carbonyl (C=O) groups excluding carboxylic acids is 1. The molecule has 1 aromatic rings. The summed E-state index contributed by atoms with van der Waals surface area (Å²) >= 11 is 0. The van der Waals surface area contributed by atoms with Gasteiger partial charge in [0.05, 0.1) is 0 Å². The van der Waals surface area contributed by atoms with Gasteiger partial charge in [-0.2, -0.15) is 0 Å². The highest BCUT2D eigenvalue weighted by Crippen LogP contribution is 2.13. The van der Waals surface area contributed by atoms with E-state index < -0.39 is 0 Å². The van der Waals surface area contributed by atoms with E-state index in [1.54, 1.807) is 12.3 Å². The molecule has 74 valence electrons. The molecule has 0 spiro atoms. The predicted molar refractivity (Wildman–Crippen MR) is 53.3 cm³/mol. The molecule has 2 N–H and O–H groups in total. The summed E-state index contributed by atoms with van der Waals surface area (Å²) < 4.78 is 0.